The molecule has 8 nitrogen and oxygen atoms in total. The van der Waals surface area contributed by atoms with Crippen molar-refractivity contribution in [3.05, 3.63) is 73.1 Å². The molecular formula is C23H20Cl2F2NO7S+. The van der Waals surface area contributed by atoms with Crippen LogP contribution < -0.4 is 14.2 Å². The van der Waals surface area contributed by atoms with Crippen molar-refractivity contribution in [1.82, 2.24) is 0 Å². The topological polar surface area (TPSA) is 106 Å². The number of aldehydes is 1. The van der Waals surface area contributed by atoms with Crippen LogP contribution in [-0.2, 0) is 11.2 Å². The molecule has 2 N–H and O–H groups in total. The van der Waals surface area contributed by atoms with Crippen LogP contribution in [0, 0.1) is 0 Å². The quantitative estimate of drug-likeness (QED) is 0.137. The second-order valence-electron chi connectivity index (χ2n) is 7.35. The minimum atomic E-state index is -3.10. The largest absolute Gasteiger partial charge is 0.487 e. The van der Waals surface area contributed by atoms with Crippen LogP contribution in [0.3, 0.4) is 0 Å². The summed E-state index contributed by atoms with van der Waals surface area (Å²) in [6, 6.07) is 5.64. The molecule has 0 amide bonds. The maximum Gasteiger partial charge on any atom is 0.387 e. The molecule has 2 heterocycles. The Morgan fingerprint density at radius 2 is 1.86 bits per heavy atom. The number of carboxylic acid groups (broad SMARTS) is 1. The number of nitrogens with zero attached hydrogens (tertiary/aromatic N) is 1. The van der Waals surface area contributed by atoms with E-state index in [0.29, 0.717) is 22.1 Å². The van der Waals surface area contributed by atoms with E-state index in [4.69, 9.17) is 32.7 Å². The number of carbonyl (C=O) groups excluding carboxylic acids is 1. The number of ether oxygens (including phenoxy) is 3. The molecule has 1 aromatic carbocycles. The van der Waals surface area contributed by atoms with Crippen LogP contribution >= 0.6 is 34.5 Å². The lowest BCUT2D eigenvalue weighted by Crippen LogP contribution is -2.29. The maximum absolute atomic E-state index is 13.0. The van der Waals surface area contributed by atoms with E-state index in [9.17, 15) is 28.7 Å². The average Bonchev–Trinajstić information content (AvgIpc) is 3.24. The van der Waals surface area contributed by atoms with Crippen molar-refractivity contribution in [3.8, 4) is 11.5 Å². The molecule has 192 valence electrons. The molecular weight excluding hydrogens is 543 g/mol. The van der Waals surface area contributed by atoms with Gasteiger partial charge in [-0.2, -0.15) is 8.78 Å². The predicted octanol–water partition coefficient (Wildman–Crippen LogP) is 5.09. The van der Waals surface area contributed by atoms with E-state index in [0.717, 1.165) is 11.3 Å². The third-order valence-electron chi connectivity index (χ3n) is 5.07. The number of pyridine rings is 1. The zero-order valence-corrected chi connectivity index (χ0v) is 20.9. The number of rotatable bonds is 12. The van der Waals surface area contributed by atoms with Gasteiger partial charge in [0, 0.05) is 23.3 Å². The average molecular weight is 563 g/mol. The number of hydrogen-bond acceptors (Lipinski definition) is 7. The minimum Gasteiger partial charge on any atom is -0.487 e. The van der Waals surface area contributed by atoms with E-state index in [1.807, 2.05) is 0 Å². The molecule has 36 heavy (non-hydrogen) atoms. The van der Waals surface area contributed by atoms with Gasteiger partial charge in [-0.3, -0.25) is 10.0 Å². The SMILES string of the molecule is COCCOc1cc([C@H](Cc2c(Cl)c[n+](O)cc2Cl)c2cc(C=O)sc2C(=O)O)ccc1OC(F)F. The first-order chi connectivity index (χ1) is 17.1. The zero-order valence-electron chi connectivity index (χ0n) is 18.6. The number of alkyl halides is 2. The monoisotopic (exact) mass is 562 g/mol. The first-order valence-corrected chi connectivity index (χ1v) is 11.8. The summed E-state index contributed by atoms with van der Waals surface area (Å²) in [5, 5.41) is 19.7. The van der Waals surface area contributed by atoms with Crippen LogP contribution in [0.5, 0.6) is 11.5 Å². The Labute approximate surface area is 218 Å². The third-order valence-corrected chi connectivity index (χ3v) is 6.79. The number of carboxylic acids is 1. The highest BCUT2D eigenvalue weighted by Gasteiger charge is 2.28. The maximum atomic E-state index is 13.0. The van der Waals surface area contributed by atoms with Crippen LogP contribution in [0.15, 0.2) is 36.7 Å². The lowest BCUT2D eigenvalue weighted by Gasteiger charge is -2.21. The summed E-state index contributed by atoms with van der Waals surface area (Å²) < 4.78 is 41.7. The first-order valence-electron chi connectivity index (χ1n) is 10.3. The van der Waals surface area contributed by atoms with Gasteiger partial charge in [-0.25, -0.2) is 4.79 Å². The van der Waals surface area contributed by atoms with Crippen LogP contribution in [0.25, 0.3) is 0 Å². The molecule has 2 aromatic heterocycles. The van der Waals surface area contributed by atoms with Gasteiger partial charge in [-0.1, -0.05) is 29.3 Å². The molecule has 0 spiro atoms. The Morgan fingerprint density at radius 3 is 2.44 bits per heavy atom. The third kappa shape index (κ3) is 6.61. The Bertz CT molecular complexity index is 1230. The number of halogens is 4. The number of methoxy groups -OCH3 is 1. The van der Waals surface area contributed by atoms with Crippen molar-refractivity contribution in [2.75, 3.05) is 20.3 Å². The van der Waals surface area contributed by atoms with E-state index in [1.165, 1.54) is 43.8 Å². The minimum absolute atomic E-state index is 0.0176. The van der Waals surface area contributed by atoms with Gasteiger partial charge in [0.05, 0.1) is 11.5 Å². The summed E-state index contributed by atoms with van der Waals surface area (Å²) in [7, 11) is 1.45. The van der Waals surface area contributed by atoms with Crippen LogP contribution in [0.2, 0.25) is 10.0 Å². The van der Waals surface area contributed by atoms with Gasteiger partial charge in [0.25, 0.3) is 0 Å². The molecule has 13 heteroatoms. The Morgan fingerprint density at radius 1 is 1.17 bits per heavy atom. The molecule has 1 atom stereocenters. The summed E-state index contributed by atoms with van der Waals surface area (Å²) >= 11 is 13.4. The molecule has 0 fully saturated rings. The van der Waals surface area contributed by atoms with E-state index in [2.05, 4.69) is 4.74 Å². The molecule has 3 rings (SSSR count). The number of aromatic nitrogens is 1. The van der Waals surface area contributed by atoms with Crippen molar-refractivity contribution in [2.45, 2.75) is 19.0 Å². The van der Waals surface area contributed by atoms with Crippen LogP contribution in [-0.4, -0.2) is 49.5 Å². The molecule has 0 saturated heterocycles. The molecule has 0 radical (unpaired) electrons. The fourth-order valence-corrected chi connectivity index (χ4v) is 5.02. The number of thiophene rings is 1. The van der Waals surface area contributed by atoms with Gasteiger partial charge in [0.15, 0.2) is 17.8 Å². The van der Waals surface area contributed by atoms with Crippen molar-refractivity contribution < 1.29 is 47.6 Å². The van der Waals surface area contributed by atoms with Crippen LogP contribution in [0.4, 0.5) is 8.78 Å². The van der Waals surface area contributed by atoms with Crippen molar-refractivity contribution in [1.29, 1.82) is 0 Å². The Kier molecular flexibility index (Phi) is 9.43. The van der Waals surface area contributed by atoms with Gasteiger partial charge in [-0.05, 0) is 35.7 Å². The molecule has 0 unspecified atom stereocenters. The molecule has 0 aliphatic heterocycles. The second-order valence-corrected chi connectivity index (χ2v) is 9.25. The first kappa shape index (κ1) is 27.6. The normalized spacial score (nSPS) is 11.9. The van der Waals surface area contributed by atoms with Crippen molar-refractivity contribution in [3.63, 3.8) is 0 Å². The van der Waals surface area contributed by atoms with Gasteiger partial charge in [0.2, 0.25) is 12.4 Å². The van der Waals surface area contributed by atoms with Gasteiger partial charge in [0.1, 0.15) is 21.5 Å². The molecule has 0 aliphatic rings. The van der Waals surface area contributed by atoms with Crippen molar-refractivity contribution >= 4 is 46.8 Å². The standard InChI is InChI=1S/C23H19Cl2F2NO7S/c1-33-4-5-34-20-6-12(2-3-19(20)35-23(26)27)14(8-16-17(24)9-28(32)10-18(16)25)15-7-13(11-29)36-21(15)22(30)31/h2-3,6-7,9-11,14,23H,4-5,8H2,1H3,(H-,30,31,32)/p+1/t14-/m0/s1. The molecule has 0 aliphatic carbocycles. The highest BCUT2D eigenvalue weighted by Crippen LogP contribution is 2.41. The van der Waals surface area contributed by atoms with Gasteiger partial charge < -0.3 is 19.3 Å². The lowest BCUT2D eigenvalue weighted by molar-refractivity contribution is -0.904. The fourth-order valence-electron chi connectivity index (χ4n) is 3.54. The van der Waals surface area contributed by atoms with E-state index in [-0.39, 0.29) is 56.5 Å². The van der Waals surface area contributed by atoms with E-state index >= 15 is 0 Å². The highest BCUT2D eigenvalue weighted by atomic mass is 35.5. The summed E-state index contributed by atoms with van der Waals surface area (Å²) in [6.45, 7) is -2.89. The number of carbonyl (C=O) groups is 2. The van der Waals surface area contributed by atoms with Crippen LogP contribution in [0.1, 0.15) is 42.0 Å². The van der Waals surface area contributed by atoms with Gasteiger partial charge >= 0.3 is 12.6 Å². The van der Waals surface area contributed by atoms with E-state index < -0.39 is 18.5 Å². The highest BCUT2D eigenvalue weighted by molar-refractivity contribution is 7.15. The van der Waals surface area contributed by atoms with E-state index in [1.54, 1.807) is 0 Å². The summed E-state index contributed by atoms with van der Waals surface area (Å²) in [5.41, 5.74) is 1.13. The smallest absolute Gasteiger partial charge is 0.387 e. The summed E-state index contributed by atoms with van der Waals surface area (Å²) in [4.78, 5) is 23.5. The molecule has 3 aromatic rings. The number of hydrogen-bond donors (Lipinski definition) is 2. The molecule has 0 saturated carbocycles. The van der Waals surface area contributed by atoms with Gasteiger partial charge in [-0.15, -0.1) is 11.3 Å². The second kappa shape index (κ2) is 12.3. The Hall–Kier alpha value is -2.99. The molecule has 0 bridgehead atoms. The number of benzene rings is 1. The Balaban J connectivity index is 2.18. The summed E-state index contributed by atoms with van der Waals surface area (Å²) in [5.74, 6) is -2.24. The summed E-state index contributed by atoms with van der Waals surface area (Å²) in [6.07, 6.45) is 3.00. The van der Waals surface area contributed by atoms with Crippen molar-refractivity contribution in [2.24, 2.45) is 0 Å². The fraction of sp³-hybridized carbons (Fsp3) is 0.261. The zero-order chi connectivity index (χ0) is 26.4. The number of aromatic carboxylic acids is 1. The lowest BCUT2D eigenvalue weighted by atomic mass is 9.85. The predicted molar refractivity (Wildman–Crippen MR) is 126 cm³/mol.